The Morgan fingerprint density at radius 1 is 0.895 bits per heavy atom. The molecule has 0 radical (unpaired) electrons. The fourth-order valence-corrected chi connectivity index (χ4v) is 1.93. The molecule has 0 aliphatic heterocycles. The van der Waals surface area contributed by atoms with Gasteiger partial charge in [0.25, 0.3) is 0 Å². The van der Waals surface area contributed by atoms with E-state index in [1.807, 2.05) is 13.8 Å². The van der Waals surface area contributed by atoms with Gasteiger partial charge in [-0.05, 0) is 36.4 Å². The lowest BCUT2D eigenvalue weighted by molar-refractivity contribution is 0.481. The Hall–Kier alpha value is -1.88. The minimum atomic E-state index is -3.16. The van der Waals surface area contributed by atoms with Crippen LogP contribution in [-0.4, -0.2) is 19.7 Å². The summed E-state index contributed by atoms with van der Waals surface area (Å²) in [6, 6.07) is 9.74. The fourth-order valence-electron chi connectivity index (χ4n) is 1.30. The molecule has 19 heavy (non-hydrogen) atoms. The summed E-state index contributed by atoms with van der Waals surface area (Å²) in [5.41, 5.74) is 0. The highest BCUT2D eigenvalue weighted by Gasteiger charge is 2.06. The van der Waals surface area contributed by atoms with Gasteiger partial charge < -0.3 is 4.74 Å². The Labute approximate surface area is 114 Å². The van der Waals surface area contributed by atoms with Gasteiger partial charge in [0.1, 0.15) is 11.5 Å². The van der Waals surface area contributed by atoms with Crippen LogP contribution < -0.4 is 4.74 Å². The smallest absolute Gasteiger partial charge is 0.175 e. The second-order valence-corrected chi connectivity index (χ2v) is 5.54. The Balaban J connectivity index is 0.000000861. The van der Waals surface area contributed by atoms with Crippen LogP contribution >= 0.6 is 0 Å². The number of hydrogen-bond donors (Lipinski definition) is 0. The van der Waals surface area contributed by atoms with Crippen LogP contribution in [0.1, 0.15) is 13.8 Å². The molecular weight excluding hydrogens is 262 g/mol. The van der Waals surface area contributed by atoms with Gasteiger partial charge in [0, 0.05) is 18.6 Å². The number of nitrogens with zero attached hydrogens (tertiary/aromatic N) is 1. The molecule has 0 spiro atoms. The van der Waals surface area contributed by atoms with E-state index in [1.54, 1.807) is 36.7 Å². The summed E-state index contributed by atoms with van der Waals surface area (Å²) < 4.78 is 28.0. The first-order valence-corrected chi connectivity index (χ1v) is 7.83. The van der Waals surface area contributed by atoms with Crippen molar-refractivity contribution in [2.24, 2.45) is 0 Å². The number of hydrogen-bond acceptors (Lipinski definition) is 4. The van der Waals surface area contributed by atoms with E-state index in [0.717, 1.165) is 0 Å². The van der Waals surface area contributed by atoms with Crippen molar-refractivity contribution < 1.29 is 13.2 Å². The Bertz CT molecular complexity index is 592. The molecule has 2 aromatic rings. The second-order valence-electron chi connectivity index (χ2n) is 3.53. The van der Waals surface area contributed by atoms with E-state index in [1.165, 1.54) is 18.4 Å². The van der Waals surface area contributed by atoms with E-state index >= 15 is 0 Å². The molecule has 1 heterocycles. The minimum Gasteiger partial charge on any atom is -0.457 e. The third-order valence-electron chi connectivity index (χ3n) is 2.14. The van der Waals surface area contributed by atoms with Crippen molar-refractivity contribution in [1.29, 1.82) is 0 Å². The average molecular weight is 279 g/mol. The van der Waals surface area contributed by atoms with Crippen molar-refractivity contribution in [3.05, 3.63) is 48.8 Å². The fraction of sp³-hybridized carbons (Fsp3) is 0.214. The minimum absolute atomic E-state index is 0.277. The average Bonchev–Trinajstić information content (AvgIpc) is 2.42. The lowest BCUT2D eigenvalue weighted by Gasteiger charge is -2.05. The highest BCUT2D eigenvalue weighted by Crippen LogP contribution is 2.21. The van der Waals surface area contributed by atoms with Gasteiger partial charge in [-0.1, -0.05) is 13.8 Å². The summed E-state index contributed by atoms with van der Waals surface area (Å²) in [6.07, 6.45) is 4.42. The summed E-state index contributed by atoms with van der Waals surface area (Å²) in [4.78, 5) is 4.15. The maximum atomic E-state index is 11.3. The van der Waals surface area contributed by atoms with Crippen LogP contribution in [0.15, 0.2) is 53.7 Å². The molecule has 0 saturated carbocycles. The van der Waals surface area contributed by atoms with E-state index < -0.39 is 9.84 Å². The number of benzene rings is 1. The number of rotatable bonds is 3. The van der Waals surface area contributed by atoms with Crippen molar-refractivity contribution in [2.75, 3.05) is 6.26 Å². The maximum absolute atomic E-state index is 11.3. The molecule has 102 valence electrons. The number of aromatic nitrogens is 1. The highest BCUT2D eigenvalue weighted by molar-refractivity contribution is 7.90. The predicted octanol–water partition coefficient (Wildman–Crippen LogP) is 3.30. The second kappa shape index (κ2) is 6.89. The van der Waals surface area contributed by atoms with Crippen molar-refractivity contribution in [3.63, 3.8) is 0 Å². The van der Waals surface area contributed by atoms with E-state index in [9.17, 15) is 8.42 Å². The first kappa shape index (κ1) is 15.2. The van der Waals surface area contributed by atoms with Gasteiger partial charge in [0.15, 0.2) is 9.84 Å². The summed E-state index contributed by atoms with van der Waals surface area (Å²) in [7, 11) is -3.16. The zero-order chi connectivity index (χ0) is 14.3. The Morgan fingerprint density at radius 3 is 1.84 bits per heavy atom. The van der Waals surface area contributed by atoms with Crippen LogP contribution in [0.3, 0.4) is 0 Å². The first-order valence-electron chi connectivity index (χ1n) is 5.94. The zero-order valence-electron chi connectivity index (χ0n) is 11.2. The van der Waals surface area contributed by atoms with E-state index in [0.29, 0.717) is 11.5 Å². The van der Waals surface area contributed by atoms with Crippen LogP contribution in [0, 0.1) is 0 Å². The standard InChI is InChI=1S/C12H11NO3S.C2H6/c1-17(14,15)12-4-2-10(3-5-12)16-11-6-8-13-9-7-11;1-2/h2-9H,1H3;1-2H3. The summed E-state index contributed by atoms with van der Waals surface area (Å²) in [5.74, 6) is 1.25. The van der Waals surface area contributed by atoms with Crippen LogP contribution in [0.4, 0.5) is 0 Å². The molecule has 4 nitrogen and oxygen atoms in total. The predicted molar refractivity (Wildman–Crippen MR) is 75.2 cm³/mol. The van der Waals surface area contributed by atoms with E-state index in [2.05, 4.69) is 4.98 Å². The molecule has 0 aliphatic carbocycles. The van der Waals surface area contributed by atoms with Gasteiger partial charge in [-0.15, -0.1) is 0 Å². The zero-order valence-corrected chi connectivity index (χ0v) is 12.0. The van der Waals surface area contributed by atoms with Gasteiger partial charge >= 0.3 is 0 Å². The van der Waals surface area contributed by atoms with Gasteiger partial charge in [-0.25, -0.2) is 8.42 Å². The molecule has 2 rings (SSSR count). The number of pyridine rings is 1. The lowest BCUT2D eigenvalue weighted by Crippen LogP contribution is -1.96. The first-order chi connectivity index (χ1) is 9.05. The van der Waals surface area contributed by atoms with Crippen molar-refractivity contribution >= 4 is 9.84 Å². The largest absolute Gasteiger partial charge is 0.457 e. The van der Waals surface area contributed by atoms with Crippen LogP contribution in [0.5, 0.6) is 11.5 Å². The van der Waals surface area contributed by atoms with Gasteiger partial charge in [-0.3, -0.25) is 4.98 Å². The molecule has 0 unspecified atom stereocenters. The molecule has 0 amide bonds. The monoisotopic (exact) mass is 279 g/mol. The normalized spacial score (nSPS) is 10.3. The van der Waals surface area contributed by atoms with Gasteiger partial charge in [-0.2, -0.15) is 0 Å². The number of ether oxygens (including phenoxy) is 1. The maximum Gasteiger partial charge on any atom is 0.175 e. The molecule has 0 aliphatic rings. The molecule has 0 fully saturated rings. The molecule has 0 atom stereocenters. The van der Waals surface area contributed by atoms with E-state index in [-0.39, 0.29) is 4.90 Å². The van der Waals surface area contributed by atoms with Crippen LogP contribution in [-0.2, 0) is 9.84 Å². The number of sulfone groups is 1. The van der Waals surface area contributed by atoms with Crippen molar-refractivity contribution in [2.45, 2.75) is 18.7 Å². The topological polar surface area (TPSA) is 56.3 Å². The van der Waals surface area contributed by atoms with Gasteiger partial charge in [0.2, 0.25) is 0 Å². The highest BCUT2D eigenvalue weighted by atomic mass is 32.2. The molecule has 1 aromatic heterocycles. The molecule has 0 N–H and O–H groups in total. The lowest BCUT2D eigenvalue weighted by atomic mass is 10.3. The Morgan fingerprint density at radius 2 is 1.37 bits per heavy atom. The third kappa shape index (κ3) is 4.71. The van der Waals surface area contributed by atoms with Crippen LogP contribution in [0.25, 0.3) is 0 Å². The summed E-state index contributed by atoms with van der Waals surface area (Å²) in [5, 5.41) is 0. The quantitative estimate of drug-likeness (QED) is 0.865. The molecule has 5 heteroatoms. The third-order valence-corrected chi connectivity index (χ3v) is 3.27. The van der Waals surface area contributed by atoms with E-state index in [4.69, 9.17) is 4.74 Å². The summed E-state index contributed by atoms with van der Waals surface area (Å²) in [6.45, 7) is 4.00. The SMILES string of the molecule is CC.CS(=O)(=O)c1ccc(Oc2ccncc2)cc1. The Kier molecular flexibility index (Phi) is 5.51. The molecule has 0 saturated heterocycles. The van der Waals surface area contributed by atoms with Gasteiger partial charge in [0.05, 0.1) is 4.90 Å². The van der Waals surface area contributed by atoms with Crippen molar-refractivity contribution in [3.8, 4) is 11.5 Å². The molecular formula is C14H17NO3S. The van der Waals surface area contributed by atoms with Crippen molar-refractivity contribution in [1.82, 2.24) is 4.98 Å². The molecule has 0 bridgehead atoms. The summed E-state index contributed by atoms with van der Waals surface area (Å²) >= 11 is 0. The molecule has 1 aromatic carbocycles. The van der Waals surface area contributed by atoms with Crippen LogP contribution in [0.2, 0.25) is 0 Å².